The zero-order valence-electron chi connectivity index (χ0n) is 3.83. The maximum atomic E-state index is 8.70. The van der Waals surface area contributed by atoms with E-state index in [9.17, 15) is 0 Å². The van der Waals surface area contributed by atoms with Crippen LogP contribution in [0.2, 0.25) is 0 Å². The average Bonchev–Trinajstić information content (AvgIpc) is 1.65. The predicted octanol–water partition coefficient (Wildman–Crippen LogP) is -0.680. The number of rotatable bonds is 1. The van der Waals surface area contributed by atoms with Crippen LogP contribution in [0.4, 0.5) is 0 Å². The highest BCUT2D eigenvalue weighted by molar-refractivity contribution is 3.84. The van der Waals surface area contributed by atoms with E-state index >= 15 is 0 Å². The number of nitrogens with zero attached hydrogens (tertiary/aromatic N) is 2. The lowest BCUT2D eigenvalue weighted by molar-refractivity contribution is -0.846. The fraction of sp³-hybridized carbons (Fsp3) is 0. The van der Waals surface area contributed by atoms with Crippen LogP contribution in [0.25, 0.3) is 0 Å². The first-order valence-electron chi connectivity index (χ1n) is 1.30. The number of hydrogen-bond donors (Lipinski definition) is 2. The minimum atomic E-state index is -1.50. The minimum Gasteiger partial charge on any atom is -0.328 e. The molecule has 0 saturated carbocycles. The van der Waals surface area contributed by atoms with Crippen molar-refractivity contribution >= 4 is 0 Å². The maximum Gasteiger partial charge on any atom is 0.322 e. The van der Waals surface area contributed by atoms with Crippen LogP contribution in [0.5, 0.6) is 0 Å². The third-order valence-electron chi connectivity index (χ3n) is 0.0667. The van der Waals surface area contributed by atoms with Crippen molar-refractivity contribution in [1.29, 1.82) is 0 Å². The van der Waals surface area contributed by atoms with Crippen LogP contribution >= 0.6 is 0 Å². The monoisotopic (exact) mass is 142 g/mol. The molecule has 9 nitrogen and oxygen atoms in total. The molecule has 0 aliphatic heterocycles. The molecular formula is H2N2O7. The highest BCUT2D eigenvalue weighted by Crippen LogP contribution is 1.56. The highest BCUT2D eigenvalue weighted by Gasteiger charge is 1.80. The third kappa shape index (κ3) is 933. The normalized spacial score (nSPS) is 6.33. The van der Waals surface area contributed by atoms with Crippen LogP contribution in [0.15, 0.2) is 0 Å². The third-order valence-corrected chi connectivity index (χ3v) is 0.0667. The van der Waals surface area contributed by atoms with Gasteiger partial charge in [-0.15, -0.1) is 25.2 Å². The topological polar surface area (TPSA) is 136 Å². The molecule has 0 aliphatic rings. The van der Waals surface area contributed by atoms with E-state index in [4.69, 9.17) is 30.7 Å². The Balaban J connectivity index is 0. The Hall–Kier alpha value is -1.64. The van der Waals surface area contributed by atoms with Gasteiger partial charge in [-0.2, -0.15) is 0 Å². The first-order chi connectivity index (χ1) is 4.00. The van der Waals surface area contributed by atoms with Gasteiger partial charge in [0.25, 0.3) is 5.09 Å². The summed E-state index contributed by atoms with van der Waals surface area (Å²) in [7, 11) is 0. The first-order valence-corrected chi connectivity index (χ1v) is 1.30. The zero-order chi connectivity index (χ0) is 7.86. The Labute approximate surface area is 47.2 Å². The molecule has 0 spiro atoms. The molecule has 0 aromatic heterocycles. The van der Waals surface area contributed by atoms with Crippen molar-refractivity contribution in [3.05, 3.63) is 20.2 Å². The molecule has 0 atom stereocenters. The van der Waals surface area contributed by atoms with Crippen molar-refractivity contribution in [2.45, 2.75) is 0 Å². The Morgan fingerprint density at radius 2 is 1.44 bits per heavy atom. The van der Waals surface area contributed by atoms with E-state index in [1.807, 2.05) is 0 Å². The van der Waals surface area contributed by atoms with Gasteiger partial charge >= 0.3 is 5.09 Å². The lowest BCUT2D eigenvalue weighted by atomic mass is 13.1. The molecule has 0 radical (unpaired) electrons. The van der Waals surface area contributed by atoms with Crippen molar-refractivity contribution in [2.24, 2.45) is 0 Å². The van der Waals surface area contributed by atoms with Crippen LogP contribution in [-0.4, -0.2) is 20.6 Å². The second kappa shape index (κ2) is 6.36. The second-order valence-corrected chi connectivity index (χ2v) is 0.543. The van der Waals surface area contributed by atoms with Gasteiger partial charge in [0, 0.05) is 0 Å². The molecule has 0 amide bonds. The van der Waals surface area contributed by atoms with E-state index in [2.05, 4.69) is 4.99 Å². The van der Waals surface area contributed by atoms with Gasteiger partial charge in [0.2, 0.25) is 0 Å². The summed E-state index contributed by atoms with van der Waals surface area (Å²) < 4.78 is 0. The second-order valence-electron chi connectivity index (χ2n) is 0.543. The summed E-state index contributed by atoms with van der Waals surface area (Å²) in [6.07, 6.45) is 0. The average molecular weight is 142 g/mol. The van der Waals surface area contributed by atoms with Gasteiger partial charge in [0.05, 0.1) is 0 Å². The summed E-state index contributed by atoms with van der Waals surface area (Å²) >= 11 is 0. The molecule has 0 fully saturated rings. The van der Waals surface area contributed by atoms with Gasteiger partial charge in [-0.1, -0.05) is 0 Å². The summed E-state index contributed by atoms with van der Waals surface area (Å²) in [5.41, 5.74) is 0. The van der Waals surface area contributed by atoms with Crippen LogP contribution in [0, 0.1) is 20.2 Å². The van der Waals surface area contributed by atoms with Crippen molar-refractivity contribution in [3.8, 4) is 0 Å². The molecular weight excluding hydrogens is 140 g/mol. The summed E-state index contributed by atoms with van der Waals surface area (Å²) in [6, 6.07) is 0. The molecule has 0 aromatic carbocycles. The van der Waals surface area contributed by atoms with Gasteiger partial charge in [0.15, 0.2) is 0 Å². The lowest BCUT2D eigenvalue weighted by Gasteiger charge is -1.72. The van der Waals surface area contributed by atoms with Crippen LogP contribution in [0.3, 0.4) is 0 Å². The number of hydrogen-bond acceptors (Lipinski definition) is 6. The van der Waals surface area contributed by atoms with Crippen LogP contribution < -0.4 is 0 Å². The van der Waals surface area contributed by atoms with Gasteiger partial charge in [0.1, 0.15) is 0 Å². The van der Waals surface area contributed by atoms with Gasteiger partial charge in [-0.05, 0) is 0 Å². The Morgan fingerprint density at radius 3 is 1.44 bits per heavy atom. The summed E-state index contributed by atoms with van der Waals surface area (Å²) in [5.74, 6) is 0. The summed E-state index contributed by atoms with van der Waals surface area (Å²) in [4.78, 5) is 19.5. The SMILES string of the molecule is O=[N+]([O-])O.O=[N+]([O-])OO. The lowest BCUT2D eigenvalue weighted by Crippen LogP contribution is -1.92. The van der Waals surface area contributed by atoms with Crippen molar-refractivity contribution in [1.82, 2.24) is 0 Å². The molecule has 0 unspecified atom stereocenters. The minimum absolute atomic E-state index is 1.32. The Morgan fingerprint density at radius 1 is 1.33 bits per heavy atom. The van der Waals surface area contributed by atoms with Gasteiger partial charge < -0.3 is 5.21 Å². The van der Waals surface area contributed by atoms with E-state index < -0.39 is 10.2 Å². The molecule has 0 heterocycles. The zero-order valence-corrected chi connectivity index (χ0v) is 3.83. The molecule has 2 N–H and O–H groups in total. The molecule has 9 heteroatoms. The predicted molar refractivity (Wildman–Crippen MR) is 19.5 cm³/mol. The van der Waals surface area contributed by atoms with E-state index in [0.717, 1.165) is 0 Å². The van der Waals surface area contributed by atoms with E-state index in [1.165, 1.54) is 0 Å². The molecule has 54 valence electrons. The standard InChI is InChI=1S/HNO4.HNO3/c2-1(3)5-4;2-1(3)4/h4H;(H,2,3,4). The molecule has 9 heavy (non-hydrogen) atoms. The largest absolute Gasteiger partial charge is 0.328 e. The van der Waals surface area contributed by atoms with Crippen molar-refractivity contribution in [3.63, 3.8) is 0 Å². The summed E-state index contributed by atoms with van der Waals surface area (Å²) in [6.45, 7) is 0. The van der Waals surface area contributed by atoms with E-state index in [-0.39, 0.29) is 0 Å². The summed E-state index contributed by atoms with van der Waals surface area (Å²) in [5, 5.41) is 28.0. The Kier molecular flexibility index (Phi) is 7.32. The smallest absolute Gasteiger partial charge is 0.322 e. The molecule has 0 aromatic rings. The van der Waals surface area contributed by atoms with Gasteiger partial charge in [-0.3, -0.25) is 0 Å². The fourth-order valence-electron chi connectivity index (χ4n) is 0. The highest BCUT2D eigenvalue weighted by atomic mass is 17.3. The van der Waals surface area contributed by atoms with E-state index in [1.54, 1.807) is 0 Å². The quantitative estimate of drug-likeness (QED) is 0.281. The van der Waals surface area contributed by atoms with E-state index in [0.29, 0.717) is 0 Å². The van der Waals surface area contributed by atoms with Crippen molar-refractivity contribution in [2.75, 3.05) is 0 Å². The van der Waals surface area contributed by atoms with Crippen LogP contribution in [-0.2, 0) is 4.99 Å². The molecule has 0 rings (SSSR count). The van der Waals surface area contributed by atoms with Crippen molar-refractivity contribution < 1.29 is 25.6 Å². The fourth-order valence-corrected chi connectivity index (χ4v) is 0. The first kappa shape index (κ1) is 10.4. The molecule has 0 saturated heterocycles. The van der Waals surface area contributed by atoms with Gasteiger partial charge in [-0.25, -0.2) is 5.26 Å². The Bertz CT molecular complexity index is 91.1. The molecule has 0 bridgehead atoms. The van der Waals surface area contributed by atoms with Crippen LogP contribution in [0.1, 0.15) is 0 Å². The molecule has 0 aliphatic carbocycles. The maximum absolute atomic E-state index is 8.70.